The van der Waals surface area contributed by atoms with Crippen molar-refractivity contribution in [1.82, 2.24) is 10.3 Å². The van der Waals surface area contributed by atoms with Crippen LogP contribution in [0.4, 0.5) is 0 Å². The number of amides is 1. The quantitative estimate of drug-likeness (QED) is 0.801. The first-order valence-corrected chi connectivity index (χ1v) is 5.50. The summed E-state index contributed by atoms with van der Waals surface area (Å²) in [6, 6.07) is 5.88. The minimum absolute atomic E-state index is 0.0365. The second-order valence-electron chi connectivity index (χ2n) is 4.12. The molecule has 3 heteroatoms. The molecule has 0 aromatic carbocycles. The molecule has 1 N–H and O–H groups in total. The fraction of sp³-hybridized carbons (Fsp3) is 0.500. The molecule has 1 aliphatic rings. The van der Waals surface area contributed by atoms with Crippen molar-refractivity contribution < 1.29 is 4.79 Å². The molecular formula is C12H16N2O. The van der Waals surface area contributed by atoms with Crippen molar-refractivity contribution in [2.45, 2.75) is 38.6 Å². The highest BCUT2D eigenvalue weighted by molar-refractivity contribution is 5.92. The van der Waals surface area contributed by atoms with E-state index in [1.807, 2.05) is 19.1 Å². The minimum atomic E-state index is -0.0365. The monoisotopic (exact) mass is 204 g/mol. The molecule has 0 spiro atoms. The first kappa shape index (κ1) is 10.1. The van der Waals surface area contributed by atoms with Gasteiger partial charge < -0.3 is 5.32 Å². The summed E-state index contributed by atoms with van der Waals surface area (Å²) in [6.07, 6.45) is 4.67. The van der Waals surface area contributed by atoms with E-state index < -0.39 is 0 Å². The summed E-state index contributed by atoms with van der Waals surface area (Å²) < 4.78 is 0. The van der Waals surface area contributed by atoms with E-state index in [2.05, 4.69) is 10.3 Å². The molecule has 80 valence electrons. The van der Waals surface area contributed by atoms with E-state index in [9.17, 15) is 4.79 Å². The van der Waals surface area contributed by atoms with Gasteiger partial charge in [-0.3, -0.25) is 4.79 Å². The van der Waals surface area contributed by atoms with Crippen molar-refractivity contribution in [2.75, 3.05) is 0 Å². The van der Waals surface area contributed by atoms with Gasteiger partial charge in [0, 0.05) is 11.7 Å². The molecule has 15 heavy (non-hydrogen) atoms. The minimum Gasteiger partial charge on any atom is -0.348 e. The molecular weight excluding hydrogens is 188 g/mol. The smallest absolute Gasteiger partial charge is 0.270 e. The molecule has 1 aromatic heterocycles. The molecule has 1 saturated carbocycles. The molecule has 1 heterocycles. The van der Waals surface area contributed by atoms with E-state index in [1.54, 1.807) is 6.07 Å². The van der Waals surface area contributed by atoms with Crippen LogP contribution in [0.1, 0.15) is 41.9 Å². The van der Waals surface area contributed by atoms with Crippen LogP contribution < -0.4 is 5.32 Å². The van der Waals surface area contributed by atoms with E-state index in [-0.39, 0.29) is 5.91 Å². The van der Waals surface area contributed by atoms with Crippen molar-refractivity contribution in [3.05, 3.63) is 29.6 Å². The molecule has 0 radical (unpaired) electrons. The summed E-state index contributed by atoms with van der Waals surface area (Å²) >= 11 is 0. The maximum absolute atomic E-state index is 11.8. The maximum atomic E-state index is 11.8. The van der Waals surface area contributed by atoms with Gasteiger partial charge >= 0.3 is 0 Å². The highest BCUT2D eigenvalue weighted by atomic mass is 16.1. The third-order valence-electron chi connectivity index (χ3n) is 2.81. The topological polar surface area (TPSA) is 42.0 Å². The van der Waals surface area contributed by atoms with Gasteiger partial charge in [0.1, 0.15) is 5.69 Å². The molecule has 1 amide bonds. The van der Waals surface area contributed by atoms with Crippen LogP contribution in [0, 0.1) is 6.92 Å². The van der Waals surface area contributed by atoms with Crippen LogP contribution in [0.15, 0.2) is 18.2 Å². The number of aryl methyl sites for hydroxylation is 1. The first-order valence-electron chi connectivity index (χ1n) is 5.50. The fourth-order valence-corrected chi connectivity index (χ4v) is 2.00. The maximum Gasteiger partial charge on any atom is 0.270 e. The van der Waals surface area contributed by atoms with Gasteiger partial charge in [-0.15, -0.1) is 0 Å². The fourth-order valence-electron chi connectivity index (χ4n) is 2.00. The van der Waals surface area contributed by atoms with Crippen molar-refractivity contribution in [1.29, 1.82) is 0 Å². The lowest BCUT2D eigenvalue weighted by atomic mass is 10.2. The molecule has 0 atom stereocenters. The number of hydrogen-bond acceptors (Lipinski definition) is 2. The second-order valence-corrected chi connectivity index (χ2v) is 4.12. The average Bonchev–Trinajstić information content (AvgIpc) is 2.70. The number of nitrogens with one attached hydrogen (secondary N) is 1. The SMILES string of the molecule is Cc1cccc(C(=O)NC2CCCC2)n1. The molecule has 1 aromatic rings. The summed E-state index contributed by atoms with van der Waals surface area (Å²) in [6.45, 7) is 1.90. The Morgan fingerprint density at radius 1 is 1.40 bits per heavy atom. The number of pyridine rings is 1. The van der Waals surface area contributed by atoms with Gasteiger partial charge in [0.15, 0.2) is 0 Å². The summed E-state index contributed by atoms with van der Waals surface area (Å²) in [5.41, 5.74) is 1.41. The van der Waals surface area contributed by atoms with Gasteiger partial charge in [-0.2, -0.15) is 0 Å². The number of carbonyl (C=O) groups excluding carboxylic acids is 1. The molecule has 1 fully saturated rings. The summed E-state index contributed by atoms with van der Waals surface area (Å²) in [4.78, 5) is 16.0. The third kappa shape index (κ3) is 2.55. The lowest BCUT2D eigenvalue weighted by molar-refractivity contribution is 0.0932. The van der Waals surface area contributed by atoms with Crippen LogP contribution in [0.2, 0.25) is 0 Å². The number of nitrogens with zero attached hydrogens (tertiary/aromatic N) is 1. The Balaban J connectivity index is 2.01. The van der Waals surface area contributed by atoms with E-state index in [0.29, 0.717) is 11.7 Å². The zero-order valence-electron chi connectivity index (χ0n) is 8.99. The van der Waals surface area contributed by atoms with Gasteiger partial charge in [0.25, 0.3) is 5.91 Å². The van der Waals surface area contributed by atoms with Gasteiger partial charge in [0.2, 0.25) is 0 Å². The van der Waals surface area contributed by atoms with Crippen LogP contribution >= 0.6 is 0 Å². The third-order valence-corrected chi connectivity index (χ3v) is 2.81. The Kier molecular flexibility index (Phi) is 2.99. The van der Waals surface area contributed by atoms with Gasteiger partial charge in [0.05, 0.1) is 0 Å². The Labute approximate surface area is 89.9 Å². The summed E-state index contributed by atoms with van der Waals surface area (Å²) in [5.74, 6) is -0.0365. The van der Waals surface area contributed by atoms with E-state index >= 15 is 0 Å². The normalized spacial score (nSPS) is 16.6. The van der Waals surface area contributed by atoms with Crippen LogP contribution in [0.25, 0.3) is 0 Å². The van der Waals surface area contributed by atoms with Crippen molar-refractivity contribution in [3.63, 3.8) is 0 Å². The molecule has 1 aliphatic carbocycles. The molecule has 0 saturated heterocycles. The van der Waals surface area contributed by atoms with E-state index in [4.69, 9.17) is 0 Å². The van der Waals surface area contributed by atoms with E-state index in [0.717, 1.165) is 18.5 Å². The van der Waals surface area contributed by atoms with Crippen LogP contribution in [-0.2, 0) is 0 Å². The lowest BCUT2D eigenvalue weighted by Gasteiger charge is -2.11. The zero-order chi connectivity index (χ0) is 10.7. The average molecular weight is 204 g/mol. The zero-order valence-corrected chi connectivity index (χ0v) is 8.99. The second kappa shape index (κ2) is 4.43. The number of hydrogen-bond donors (Lipinski definition) is 1. The van der Waals surface area contributed by atoms with Crippen molar-refractivity contribution in [3.8, 4) is 0 Å². The molecule has 0 bridgehead atoms. The summed E-state index contributed by atoms with van der Waals surface area (Å²) in [5, 5.41) is 3.02. The first-order chi connectivity index (χ1) is 7.25. The molecule has 0 aliphatic heterocycles. The van der Waals surface area contributed by atoms with Crippen LogP contribution in [0.3, 0.4) is 0 Å². The largest absolute Gasteiger partial charge is 0.348 e. The van der Waals surface area contributed by atoms with Gasteiger partial charge in [-0.25, -0.2) is 4.98 Å². The van der Waals surface area contributed by atoms with Crippen LogP contribution in [0.5, 0.6) is 0 Å². The Hall–Kier alpha value is -1.38. The predicted molar refractivity (Wildman–Crippen MR) is 58.7 cm³/mol. The van der Waals surface area contributed by atoms with Crippen molar-refractivity contribution in [2.24, 2.45) is 0 Å². The van der Waals surface area contributed by atoms with Gasteiger partial charge in [-0.05, 0) is 31.9 Å². The Bertz CT molecular complexity index is 356. The van der Waals surface area contributed by atoms with Crippen LogP contribution in [-0.4, -0.2) is 16.9 Å². The highest BCUT2D eigenvalue weighted by Gasteiger charge is 2.18. The Morgan fingerprint density at radius 3 is 2.80 bits per heavy atom. The highest BCUT2D eigenvalue weighted by Crippen LogP contribution is 2.17. The summed E-state index contributed by atoms with van der Waals surface area (Å²) in [7, 11) is 0. The predicted octanol–water partition coefficient (Wildman–Crippen LogP) is 2.06. The number of rotatable bonds is 2. The molecule has 0 unspecified atom stereocenters. The number of aromatic nitrogens is 1. The standard InChI is InChI=1S/C12H16N2O/c1-9-5-4-8-11(13-9)12(15)14-10-6-2-3-7-10/h4-5,8,10H,2-3,6-7H2,1H3,(H,14,15). The Morgan fingerprint density at radius 2 is 2.13 bits per heavy atom. The number of carbonyl (C=O) groups is 1. The molecule has 2 rings (SSSR count). The molecule has 3 nitrogen and oxygen atoms in total. The van der Waals surface area contributed by atoms with Gasteiger partial charge in [-0.1, -0.05) is 18.9 Å². The van der Waals surface area contributed by atoms with Crippen molar-refractivity contribution >= 4 is 5.91 Å². The van der Waals surface area contributed by atoms with E-state index in [1.165, 1.54) is 12.8 Å². The lowest BCUT2D eigenvalue weighted by Crippen LogP contribution is -2.33.